The van der Waals surface area contributed by atoms with Crippen LogP contribution in [0.4, 0.5) is 20.8 Å². The summed E-state index contributed by atoms with van der Waals surface area (Å²) < 4.78 is 21.1. The van der Waals surface area contributed by atoms with Crippen LogP contribution in [0.3, 0.4) is 0 Å². The number of amides is 2. The number of imidazole rings is 1. The minimum absolute atomic E-state index is 0.0188. The standard InChI is InChI=1S/C24H22FN7O2S/c1-13-8-21(35-31-13)29-19-10-20(18(25)9-16(19)22(26)33)30-24(23(27)34)11-17(24)14-2-4-15(5-3-14)32-7-6-28-12-32/h2-10,12,17,29-30H,11H2,1H3,(H2,26,33)(H2,27,34)/t17-,24+/m1/s1. The zero-order valence-electron chi connectivity index (χ0n) is 18.7. The van der Waals surface area contributed by atoms with Gasteiger partial charge < -0.3 is 26.7 Å². The van der Waals surface area contributed by atoms with Crippen molar-refractivity contribution in [1.29, 1.82) is 0 Å². The molecular formula is C24H22FN7O2S. The van der Waals surface area contributed by atoms with Gasteiger partial charge in [-0.25, -0.2) is 9.37 Å². The molecule has 1 fully saturated rings. The molecule has 0 unspecified atom stereocenters. The normalized spacial score (nSPS) is 18.7. The van der Waals surface area contributed by atoms with E-state index >= 15 is 4.39 Å². The van der Waals surface area contributed by atoms with Gasteiger partial charge in [-0.2, -0.15) is 4.37 Å². The molecule has 1 aliphatic carbocycles. The summed E-state index contributed by atoms with van der Waals surface area (Å²) >= 11 is 1.20. The van der Waals surface area contributed by atoms with Crippen LogP contribution in [0.25, 0.3) is 5.69 Å². The molecule has 35 heavy (non-hydrogen) atoms. The number of anilines is 3. The fourth-order valence-electron chi connectivity index (χ4n) is 4.20. The molecule has 2 aromatic carbocycles. The highest BCUT2D eigenvalue weighted by Gasteiger charge is 2.60. The van der Waals surface area contributed by atoms with Crippen LogP contribution in [0.1, 0.15) is 34.0 Å². The quantitative estimate of drug-likeness (QED) is 0.298. The van der Waals surface area contributed by atoms with Crippen molar-refractivity contribution < 1.29 is 14.0 Å². The van der Waals surface area contributed by atoms with E-state index in [9.17, 15) is 9.59 Å². The largest absolute Gasteiger partial charge is 0.368 e. The molecule has 2 amide bonds. The lowest BCUT2D eigenvalue weighted by molar-refractivity contribution is -0.119. The van der Waals surface area contributed by atoms with Gasteiger partial charge in [-0.05, 0) is 60.8 Å². The summed E-state index contributed by atoms with van der Waals surface area (Å²) in [5, 5.41) is 6.74. The molecule has 0 bridgehead atoms. The Morgan fingerprint density at radius 2 is 1.94 bits per heavy atom. The van der Waals surface area contributed by atoms with Crippen molar-refractivity contribution in [3.63, 3.8) is 0 Å². The number of primary amides is 2. The lowest BCUT2D eigenvalue weighted by atomic mass is 10.0. The first-order valence-corrected chi connectivity index (χ1v) is 11.5. The molecule has 5 rings (SSSR count). The summed E-state index contributed by atoms with van der Waals surface area (Å²) in [6.07, 6.45) is 5.62. The molecular weight excluding hydrogens is 469 g/mol. The third-order valence-electron chi connectivity index (χ3n) is 6.11. The van der Waals surface area contributed by atoms with Crippen LogP contribution in [-0.4, -0.2) is 31.3 Å². The van der Waals surface area contributed by atoms with E-state index in [1.54, 1.807) is 18.6 Å². The lowest BCUT2D eigenvalue weighted by Gasteiger charge is -2.20. The van der Waals surface area contributed by atoms with Crippen molar-refractivity contribution in [1.82, 2.24) is 13.9 Å². The maximum Gasteiger partial charge on any atom is 0.250 e. The Bertz CT molecular complexity index is 1420. The highest BCUT2D eigenvalue weighted by Crippen LogP contribution is 2.53. The van der Waals surface area contributed by atoms with Crippen LogP contribution in [0.15, 0.2) is 61.2 Å². The molecule has 11 heteroatoms. The molecule has 2 aromatic heterocycles. The minimum Gasteiger partial charge on any atom is -0.368 e. The van der Waals surface area contributed by atoms with Gasteiger partial charge in [-0.1, -0.05) is 12.1 Å². The van der Waals surface area contributed by atoms with Crippen molar-refractivity contribution in [3.8, 4) is 5.69 Å². The van der Waals surface area contributed by atoms with Crippen LogP contribution in [0.2, 0.25) is 0 Å². The number of rotatable bonds is 8. The maximum atomic E-state index is 15.0. The van der Waals surface area contributed by atoms with Gasteiger partial charge in [0.05, 0.1) is 29.0 Å². The molecule has 178 valence electrons. The van der Waals surface area contributed by atoms with E-state index in [0.717, 1.165) is 23.0 Å². The fourth-order valence-corrected chi connectivity index (χ4v) is 4.87. The first kappa shape index (κ1) is 22.5. The number of aromatic nitrogens is 3. The molecule has 0 spiro atoms. The molecule has 0 saturated heterocycles. The van der Waals surface area contributed by atoms with Crippen molar-refractivity contribution in [2.75, 3.05) is 10.6 Å². The van der Waals surface area contributed by atoms with Crippen molar-refractivity contribution in [3.05, 3.63) is 83.8 Å². The second-order valence-corrected chi connectivity index (χ2v) is 9.28. The van der Waals surface area contributed by atoms with Crippen molar-refractivity contribution in [2.24, 2.45) is 11.5 Å². The summed E-state index contributed by atoms with van der Waals surface area (Å²) in [6, 6.07) is 11.9. The molecule has 2 atom stereocenters. The number of nitrogens with two attached hydrogens (primary N) is 2. The highest BCUT2D eigenvalue weighted by molar-refractivity contribution is 7.10. The van der Waals surface area contributed by atoms with Crippen LogP contribution in [-0.2, 0) is 4.79 Å². The highest BCUT2D eigenvalue weighted by atomic mass is 32.1. The van der Waals surface area contributed by atoms with Crippen LogP contribution in [0, 0.1) is 12.7 Å². The Hall–Kier alpha value is -4.25. The predicted octanol–water partition coefficient (Wildman–Crippen LogP) is 3.44. The van der Waals surface area contributed by atoms with Crippen molar-refractivity contribution in [2.45, 2.75) is 24.8 Å². The average Bonchev–Trinajstić information content (AvgIpc) is 3.12. The number of nitrogens with zero attached hydrogens (tertiary/aromatic N) is 3. The Kier molecular flexibility index (Phi) is 5.48. The van der Waals surface area contributed by atoms with E-state index in [2.05, 4.69) is 20.0 Å². The third kappa shape index (κ3) is 4.21. The minimum atomic E-state index is -1.16. The van der Waals surface area contributed by atoms with Gasteiger partial charge in [0.25, 0.3) is 5.91 Å². The summed E-state index contributed by atoms with van der Waals surface area (Å²) in [4.78, 5) is 28.5. The second kappa shape index (κ2) is 8.51. The smallest absolute Gasteiger partial charge is 0.250 e. The Morgan fingerprint density at radius 3 is 2.54 bits per heavy atom. The number of nitrogens with one attached hydrogen (secondary N) is 2. The molecule has 0 radical (unpaired) electrons. The Balaban J connectivity index is 1.44. The number of hydrogen-bond donors (Lipinski definition) is 4. The van der Waals surface area contributed by atoms with Gasteiger partial charge in [0, 0.05) is 24.0 Å². The van der Waals surface area contributed by atoms with Gasteiger partial charge >= 0.3 is 0 Å². The number of aryl methyl sites for hydroxylation is 1. The van der Waals surface area contributed by atoms with Crippen LogP contribution in [0.5, 0.6) is 0 Å². The van der Waals surface area contributed by atoms with Gasteiger partial charge in [-0.3, -0.25) is 9.59 Å². The summed E-state index contributed by atoms with van der Waals surface area (Å²) in [5.41, 5.74) is 13.0. The van der Waals surface area contributed by atoms with E-state index in [-0.39, 0.29) is 17.2 Å². The Labute approximate surface area is 204 Å². The number of benzene rings is 2. The monoisotopic (exact) mass is 491 g/mol. The molecule has 4 aromatic rings. The summed E-state index contributed by atoms with van der Waals surface area (Å²) in [5.74, 6) is -2.34. The van der Waals surface area contributed by atoms with Crippen LogP contribution < -0.4 is 22.1 Å². The van der Waals surface area contributed by atoms with E-state index in [4.69, 9.17) is 11.5 Å². The SMILES string of the molecule is Cc1cc(Nc2cc(N[C@@]3(C(N)=O)C[C@@H]3c3ccc(-n4ccnc4)cc3)c(F)cc2C(N)=O)sn1. The molecule has 2 heterocycles. The number of carbonyl (C=O) groups is 2. The lowest BCUT2D eigenvalue weighted by Crippen LogP contribution is -2.39. The van der Waals surface area contributed by atoms with Gasteiger partial charge in [0.1, 0.15) is 16.4 Å². The third-order valence-corrected chi connectivity index (χ3v) is 6.91. The van der Waals surface area contributed by atoms with E-state index < -0.39 is 23.2 Å². The maximum absolute atomic E-state index is 15.0. The molecule has 0 aliphatic heterocycles. The predicted molar refractivity (Wildman–Crippen MR) is 132 cm³/mol. The fraction of sp³-hybridized carbons (Fsp3) is 0.167. The van der Waals surface area contributed by atoms with Crippen molar-refractivity contribution >= 4 is 39.7 Å². The van der Waals surface area contributed by atoms with Gasteiger partial charge in [-0.15, -0.1) is 0 Å². The van der Waals surface area contributed by atoms with E-state index in [0.29, 0.717) is 17.1 Å². The van der Waals surface area contributed by atoms with Gasteiger partial charge in [0.2, 0.25) is 5.91 Å². The summed E-state index contributed by atoms with van der Waals surface area (Å²) in [7, 11) is 0. The Morgan fingerprint density at radius 1 is 1.17 bits per heavy atom. The first-order chi connectivity index (χ1) is 16.8. The van der Waals surface area contributed by atoms with Gasteiger partial charge in [0.15, 0.2) is 0 Å². The molecule has 9 nitrogen and oxygen atoms in total. The van der Waals surface area contributed by atoms with E-state index in [1.807, 2.05) is 42.0 Å². The second-order valence-electron chi connectivity index (χ2n) is 8.48. The zero-order valence-corrected chi connectivity index (χ0v) is 19.5. The number of carbonyl (C=O) groups excluding carboxylic acids is 2. The average molecular weight is 492 g/mol. The molecule has 6 N–H and O–H groups in total. The van der Waals surface area contributed by atoms with E-state index in [1.165, 1.54) is 17.6 Å². The number of hydrogen-bond acceptors (Lipinski definition) is 7. The molecule has 1 aliphatic rings. The topological polar surface area (TPSA) is 141 Å². The number of halogens is 1. The molecule has 1 saturated carbocycles. The summed E-state index contributed by atoms with van der Waals surface area (Å²) in [6.45, 7) is 1.83. The zero-order chi connectivity index (χ0) is 24.7. The first-order valence-electron chi connectivity index (χ1n) is 10.8. The van der Waals surface area contributed by atoms with Crippen LogP contribution >= 0.6 is 11.5 Å².